The molecule has 112 valence electrons. The molecule has 0 fully saturated rings. The van der Waals surface area contributed by atoms with Crippen molar-refractivity contribution in [3.8, 4) is 0 Å². The van der Waals surface area contributed by atoms with Gasteiger partial charge in [-0.3, -0.25) is 9.69 Å². The van der Waals surface area contributed by atoms with Crippen molar-refractivity contribution in [2.24, 2.45) is 0 Å². The van der Waals surface area contributed by atoms with Crippen molar-refractivity contribution in [1.82, 2.24) is 9.80 Å². The Labute approximate surface area is 122 Å². The fraction of sp³-hybridized carbons (Fsp3) is 0.562. The molecule has 4 nitrogen and oxygen atoms in total. The molecule has 20 heavy (non-hydrogen) atoms. The van der Waals surface area contributed by atoms with E-state index in [0.29, 0.717) is 12.6 Å². The van der Waals surface area contributed by atoms with Gasteiger partial charge in [0.1, 0.15) is 0 Å². The molecule has 0 aliphatic heterocycles. The van der Waals surface area contributed by atoms with Crippen LogP contribution in [0, 0.1) is 0 Å². The van der Waals surface area contributed by atoms with Crippen LogP contribution in [0.2, 0.25) is 0 Å². The predicted molar refractivity (Wildman–Crippen MR) is 82.1 cm³/mol. The van der Waals surface area contributed by atoms with Crippen molar-refractivity contribution in [1.29, 1.82) is 0 Å². The topological polar surface area (TPSA) is 43.8 Å². The fourth-order valence-corrected chi connectivity index (χ4v) is 2.51. The molecule has 1 aromatic carbocycles. The summed E-state index contributed by atoms with van der Waals surface area (Å²) in [5.41, 5.74) is 0.871. The Hall–Kier alpha value is -1.39. The summed E-state index contributed by atoms with van der Waals surface area (Å²) in [6.07, 6.45) is 0. The van der Waals surface area contributed by atoms with Gasteiger partial charge >= 0.3 is 5.97 Å². The number of nitrogens with zero attached hydrogens (tertiary/aromatic N) is 2. The van der Waals surface area contributed by atoms with Crippen LogP contribution < -0.4 is 0 Å². The van der Waals surface area contributed by atoms with Crippen LogP contribution in [-0.4, -0.2) is 60.6 Å². The normalized spacial score (nSPS) is 14.5. The molecule has 0 saturated heterocycles. The van der Waals surface area contributed by atoms with E-state index in [2.05, 4.69) is 23.6 Å². The molecule has 2 atom stereocenters. The lowest BCUT2D eigenvalue weighted by Gasteiger charge is -2.32. The van der Waals surface area contributed by atoms with Crippen molar-refractivity contribution in [2.75, 3.05) is 33.7 Å². The van der Waals surface area contributed by atoms with Crippen LogP contribution in [0.25, 0.3) is 0 Å². The van der Waals surface area contributed by atoms with Gasteiger partial charge in [0.25, 0.3) is 0 Å². The average molecular weight is 278 g/mol. The second kappa shape index (κ2) is 8.02. The van der Waals surface area contributed by atoms with E-state index in [1.54, 1.807) is 0 Å². The third-order valence-electron chi connectivity index (χ3n) is 3.58. The molecule has 4 heteroatoms. The van der Waals surface area contributed by atoms with Crippen molar-refractivity contribution >= 4 is 5.97 Å². The van der Waals surface area contributed by atoms with Crippen molar-refractivity contribution in [3.63, 3.8) is 0 Å². The average Bonchev–Trinajstić information content (AvgIpc) is 2.39. The van der Waals surface area contributed by atoms with Crippen molar-refractivity contribution in [3.05, 3.63) is 35.9 Å². The van der Waals surface area contributed by atoms with Crippen LogP contribution in [0.5, 0.6) is 0 Å². The number of likely N-dealkylation sites (N-methyl/N-ethyl adjacent to an activating group) is 2. The monoisotopic (exact) mass is 278 g/mol. The largest absolute Gasteiger partial charge is 0.481 e. The van der Waals surface area contributed by atoms with E-state index in [9.17, 15) is 9.90 Å². The summed E-state index contributed by atoms with van der Waals surface area (Å²) in [5.74, 6) is -1.23. The van der Waals surface area contributed by atoms with Crippen LogP contribution in [0.4, 0.5) is 0 Å². The highest BCUT2D eigenvalue weighted by atomic mass is 16.4. The first kappa shape index (κ1) is 16.7. The Morgan fingerprint density at radius 2 is 1.80 bits per heavy atom. The van der Waals surface area contributed by atoms with Gasteiger partial charge in [0.2, 0.25) is 0 Å². The first-order valence-electron chi connectivity index (χ1n) is 7.12. The third kappa shape index (κ3) is 4.94. The van der Waals surface area contributed by atoms with Gasteiger partial charge in [-0.1, -0.05) is 37.3 Å². The highest BCUT2D eigenvalue weighted by Gasteiger charge is 2.24. The molecule has 0 spiro atoms. The van der Waals surface area contributed by atoms with E-state index < -0.39 is 11.9 Å². The number of benzene rings is 1. The minimum Gasteiger partial charge on any atom is -0.481 e. The van der Waals surface area contributed by atoms with Gasteiger partial charge in [0.15, 0.2) is 0 Å². The zero-order chi connectivity index (χ0) is 15.1. The van der Waals surface area contributed by atoms with E-state index in [1.165, 1.54) is 0 Å². The molecule has 0 aromatic heterocycles. The number of carboxylic acid groups (broad SMARTS) is 1. The molecule has 0 aliphatic rings. The quantitative estimate of drug-likeness (QED) is 0.791. The lowest BCUT2D eigenvalue weighted by Crippen LogP contribution is -2.43. The van der Waals surface area contributed by atoms with Crippen molar-refractivity contribution in [2.45, 2.75) is 25.8 Å². The highest BCUT2D eigenvalue weighted by Crippen LogP contribution is 2.18. The van der Waals surface area contributed by atoms with Crippen LogP contribution in [0.1, 0.15) is 25.3 Å². The smallest absolute Gasteiger partial charge is 0.312 e. The summed E-state index contributed by atoms with van der Waals surface area (Å²) < 4.78 is 0. The summed E-state index contributed by atoms with van der Waals surface area (Å²) in [4.78, 5) is 15.9. The van der Waals surface area contributed by atoms with Crippen LogP contribution in [-0.2, 0) is 4.79 Å². The lowest BCUT2D eigenvalue weighted by molar-refractivity contribution is -0.139. The molecule has 1 aromatic rings. The molecule has 0 bridgehead atoms. The molecule has 0 heterocycles. The van der Waals surface area contributed by atoms with Crippen LogP contribution in [0.3, 0.4) is 0 Å². The maximum atomic E-state index is 11.6. The number of aliphatic carboxylic acids is 1. The molecule has 0 aliphatic carbocycles. The summed E-state index contributed by atoms with van der Waals surface area (Å²) in [6.45, 7) is 6.55. The lowest BCUT2D eigenvalue weighted by atomic mass is 9.98. The maximum Gasteiger partial charge on any atom is 0.312 e. The van der Waals surface area contributed by atoms with E-state index in [1.807, 2.05) is 44.4 Å². The zero-order valence-electron chi connectivity index (χ0n) is 12.9. The second-order valence-electron chi connectivity index (χ2n) is 5.50. The molecule has 1 rings (SSSR count). The highest BCUT2D eigenvalue weighted by molar-refractivity contribution is 5.76. The van der Waals surface area contributed by atoms with Gasteiger partial charge in [-0.2, -0.15) is 0 Å². The third-order valence-corrected chi connectivity index (χ3v) is 3.58. The molecule has 0 radical (unpaired) electrons. The molecule has 0 saturated carbocycles. The van der Waals surface area contributed by atoms with Crippen LogP contribution in [0.15, 0.2) is 30.3 Å². The summed E-state index contributed by atoms with van der Waals surface area (Å²) >= 11 is 0. The number of rotatable bonds is 8. The van der Waals surface area contributed by atoms with Gasteiger partial charge in [-0.05, 0) is 33.1 Å². The predicted octanol–water partition coefficient (Wildman–Crippen LogP) is 2.13. The Balaban J connectivity index is 2.81. The Kier molecular flexibility index (Phi) is 6.68. The van der Waals surface area contributed by atoms with Gasteiger partial charge in [-0.15, -0.1) is 0 Å². The maximum absolute atomic E-state index is 11.6. The minimum absolute atomic E-state index is 0.334. The molecular formula is C16H26N2O2. The molecule has 2 unspecified atom stereocenters. The summed E-state index contributed by atoms with van der Waals surface area (Å²) in [6, 6.07) is 9.82. The fourth-order valence-electron chi connectivity index (χ4n) is 2.51. The van der Waals surface area contributed by atoms with Gasteiger partial charge in [0.05, 0.1) is 5.92 Å². The summed E-state index contributed by atoms with van der Waals surface area (Å²) in [7, 11) is 4.08. The Bertz CT molecular complexity index is 406. The standard InChI is InChI=1S/C16H26N2O2/c1-5-18(13(2)11-17(3)4)12-15(16(19)20)14-9-7-6-8-10-14/h6-10,13,15H,5,11-12H2,1-4H3,(H,19,20). The van der Waals surface area contributed by atoms with E-state index in [-0.39, 0.29) is 0 Å². The number of hydrogen-bond donors (Lipinski definition) is 1. The molecule has 0 amide bonds. The van der Waals surface area contributed by atoms with Gasteiger partial charge in [0, 0.05) is 19.1 Å². The number of hydrogen-bond acceptors (Lipinski definition) is 3. The van der Waals surface area contributed by atoms with E-state index in [0.717, 1.165) is 18.7 Å². The molecule has 1 N–H and O–H groups in total. The second-order valence-corrected chi connectivity index (χ2v) is 5.50. The summed E-state index contributed by atoms with van der Waals surface area (Å²) in [5, 5.41) is 9.50. The van der Waals surface area contributed by atoms with E-state index >= 15 is 0 Å². The van der Waals surface area contributed by atoms with Crippen LogP contribution >= 0.6 is 0 Å². The number of carbonyl (C=O) groups is 1. The molecular weight excluding hydrogens is 252 g/mol. The van der Waals surface area contributed by atoms with Gasteiger partial charge in [-0.25, -0.2) is 0 Å². The number of carboxylic acids is 1. The van der Waals surface area contributed by atoms with E-state index in [4.69, 9.17) is 0 Å². The Morgan fingerprint density at radius 1 is 1.20 bits per heavy atom. The SMILES string of the molecule is CCN(CC(C(=O)O)c1ccccc1)C(C)CN(C)C. The van der Waals surface area contributed by atoms with Gasteiger partial charge < -0.3 is 10.0 Å². The first-order chi connectivity index (χ1) is 9.45. The van der Waals surface area contributed by atoms with Crippen molar-refractivity contribution < 1.29 is 9.90 Å². The zero-order valence-corrected chi connectivity index (χ0v) is 12.9. The minimum atomic E-state index is -0.758. The first-order valence-corrected chi connectivity index (χ1v) is 7.12. The Morgan fingerprint density at radius 3 is 2.25 bits per heavy atom.